The van der Waals surface area contributed by atoms with E-state index in [0.717, 1.165) is 44.2 Å². The standard InChI is InChI=1S/C24H23FN6O3S.C2H6/c25-17-3-4-18(20-2-1-11-34-20)29-19(17)14-26-13-15-6-9-31(10-7-15)23-27-8-5-16(28-23)12-21-22(32)30-24(33)35-21;1-2/h1-5,8,11-12,15,26H,6-7,9-10,13-14H2,(H,30,32,33);1-2H3/b21-12-;. The van der Waals surface area contributed by atoms with Gasteiger partial charge in [0.25, 0.3) is 11.1 Å². The van der Waals surface area contributed by atoms with Crippen molar-refractivity contribution in [1.82, 2.24) is 25.6 Å². The highest BCUT2D eigenvalue weighted by atomic mass is 32.2. The van der Waals surface area contributed by atoms with Crippen molar-refractivity contribution in [2.45, 2.75) is 33.2 Å². The maximum atomic E-state index is 14.2. The highest BCUT2D eigenvalue weighted by Gasteiger charge is 2.26. The number of imide groups is 1. The first-order chi connectivity index (χ1) is 18.0. The largest absolute Gasteiger partial charge is 0.463 e. The lowest BCUT2D eigenvalue weighted by atomic mass is 9.97. The summed E-state index contributed by atoms with van der Waals surface area (Å²) in [7, 11) is 0. The molecule has 2 N–H and O–H groups in total. The van der Waals surface area contributed by atoms with Crippen LogP contribution in [-0.4, -0.2) is 45.7 Å². The molecule has 2 saturated heterocycles. The number of piperidine rings is 1. The summed E-state index contributed by atoms with van der Waals surface area (Å²) in [6, 6.07) is 8.31. The third-order valence-electron chi connectivity index (χ3n) is 5.90. The maximum Gasteiger partial charge on any atom is 0.290 e. The van der Waals surface area contributed by atoms with Crippen molar-refractivity contribution < 1.29 is 18.4 Å². The lowest BCUT2D eigenvalue weighted by Crippen LogP contribution is -2.38. The molecule has 37 heavy (non-hydrogen) atoms. The molecule has 11 heteroatoms. The van der Waals surface area contributed by atoms with Crippen molar-refractivity contribution in [3.63, 3.8) is 0 Å². The second kappa shape index (κ2) is 12.6. The van der Waals surface area contributed by atoms with E-state index in [1.807, 2.05) is 13.8 Å². The van der Waals surface area contributed by atoms with Gasteiger partial charge < -0.3 is 14.6 Å². The quantitative estimate of drug-likeness (QED) is 0.427. The Kier molecular flexibility index (Phi) is 9.02. The van der Waals surface area contributed by atoms with E-state index in [9.17, 15) is 14.0 Å². The first-order valence-corrected chi connectivity index (χ1v) is 13.1. The van der Waals surface area contributed by atoms with Crippen LogP contribution >= 0.6 is 11.8 Å². The Balaban J connectivity index is 0.00000156. The number of thioether (sulfide) groups is 1. The summed E-state index contributed by atoms with van der Waals surface area (Å²) in [5.74, 6) is 0.905. The van der Waals surface area contributed by atoms with Crippen LogP contribution in [0, 0.1) is 11.7 Å². The van der Waals surface area contributed by atoms with Gasteiger partial charge in [-0.15, -0.1) is 0 Å². The zero-order chi connectivity index (χ0) is 26.2. The number of anilines is 1. The SMILES string of the molecule is CC.O=C1NC(=O)/C(=C/c2ccnc(N3CCC(CNCc4nc(-c5ccco5)ccc4F)CC3)n2)S1. The van der Waals surface area contributed by atoms with E-state index in [2.05, 4.69) is 30.5 Å². The molecule has 0 saturated carbocycles. The molecule has 5 rings (SSSR count). The number of amides is 2. The molecule has 3 aromatic heterocycles. The van der Waals surface area contributed by atoms with Crippen LogP contribution in [0.25, 0.3) is 17.5 Å². The van der Waals surface area contributed by atoms with Gasteiger partial charge in [0, 0.05) is 25.8 Å². The molecular formula is C26H29FN6O3S. The van der Waals surface area contributed by atoms with Crippen molar-refractivity contribution in [2.24, 2.45) is 5.92 Å². The molecule has 0 aliphatic carbocycles. The Morgan fingerprint density at radius 3 is 2.70 bits per heavy atom. The van der Waals surface area contributed by atoms with Crippen LogP contribution in [-0.2, 0) is 11.3 Å². The molecule has 0 bridgehead atoms. The smallest absolute Gasteiger partial charge is 0.290 e. The summed E-state index contributed by atoms with van der Waals surface area (Å²) in [5, 5.41) is 5.20. The minimum atomic E-state index is -0.406. The van der Waals surface area contributed by atoms with Crippen LogP contribution in [0.4, 0.5) is 15.1 Å². The third kappa shape index (κ3) is 6.80. The summed E-state index contributed by atoms with van der Waals surface area (Å²) in [5.41, 5.74) is 1.56. The average Bonchev–Trinajstić information content (AvgIpc) is 3.56. The van der Waals surface area contributed by atoms with Gasteiger partial charge in [-0.05, 0) is 73.5 Å². The van der Waals surface area contributed by atoms with Crippen LogP contribution in [0.2, 0.25) is 0 Å². The third-order valence-corrected chi connectivity index (χ3v) is 6.71. The Labute approximate surface area is 219 Å². The number of carbonyl (C=O) groups excluding carboxylic acids is 2. The Hall–Kier alpha value is -3.57. The van der Waals surface area contributed by atoms with Gasteiger partial charge in [0.2, 0.25) is 5.95 Å². The molecule has 2 aliphatic heterocycles. The molecule has 2 aliphatic rings. The second-order valence-electron chi connectivity index (χ2n) is 8.30. The zero-order valence-corrected chi connectivity index (χ0v) is 21.6. The average molecular weight is 525 g/mol. The van der Waals surface area contributed by atoms with E-state index < -0.39 is 5.91 Å². The number of furan rings is 1. The molecule has 0 atom stereocenters. The van der Waals surface area contributed by atoms with Gasteiger partial charge in [-0.2, -0.15) is 0 Å². The second-order valence-corrected chi connectivity index (χ2v) is 9.31. The highest BCUT2D eigenvalue weighted by Crippen LogP contribution is 2.26. The molecular weight excluding hydrogens is 495 g/mol. The van der Waals surface area contributed by atoms with Crippen LogP contribution in [0.1, 0.15) is 38.1 Å². The van der Waals surface area contributed by atoms with Crippen molar-refractivity contribution in [2.75, 3.05) is 24.5 Å². The lowest BCUT2D eigenvalue weighted by Gasteiger charge is -2.32. The molecule has 194 valence electrons. The van der Waals surface area contributed by atoms with E-state index in [4.69, 9.17) is 4.42 Å². The highest BCUT2D eigenvalue weighted by molar-refractivity contribution is 8.18. The predicted molar refractivity (Wildman–Crippen MR) is 141 cm³/mol. The molecule has 2 amide bonds. The molecule has 2 fully saturated rings. The lowest BCUT2D eigenvalue weighted by molar-refractivity contribution is -0.115. The monoisotopic (exact) mass is 524 g/mol. The molecule has 0 radical (unpaired) electrons. The van der Waals surface area contributed by atoms with Crippen molar-refractivity contribution >= 4 is 34.9 Å². The number of pyridine rings is 1. The number of nitrogens with one attached hydrogen (secondary N) is 2. The molecule has 0 unspecified atom stereocenters. The number of nitrogens with zero attached hydrogens (tertiary/aromatic N) is 4. The fourth-order valence-corrected chi connectivity index (χ4v) is 4.72. The van der Waals surface area contributed by atoms with Gasteiger partial charge in [-0.25, -0.2) is 19.3 Å². The van der Waals surface area contributed by atoms with Crippen molar-refractivity contribution in [3.05, 3.63) is 64.9 Å². The molecule has 0 aromatic carbocycles. The number of aromatic nitrogens is 3. The molecule has 9 nitrogen and oxygen atoms in total. The van der Waals surface area contributed by atoms with Crippen LogP contribution < -0.4 is 15.5 Å². The van der Waals surface area contributed by atoms with E-state index in [-0.39, 0.29) is 11.1 Å². The summed E-state index contributed by atoms with van der Waals surface area (Å²) >= 11 is 0.865. The number of hydrogen-bond donors (Lipinski definition) is 2. The zero-order valence-electron chi connectivity index (χ0n) is 20.7. The number of carbonyl (C=O) groups is 2. The van der Waals surface area contributed by atoms with Crippen molar-refractivity contribution in [3.8, 4) is 11.5 Å². The first-order valence-electron chi connectivity index (χ1n) is 12.3. The van der Waals surface area contributed by atoms with Gasteiger partial charge >= 0.3 is 0 Å². The topological polar surface area (TPSA) is 113 Å². The van der Waals surface area contributed by atoms with Gasteiger partial charge in [-0.1, -0.05) is 13.8 Å². The number of halogens is 1. The van der Waals surface area contributed by atoms with Crippen LogP contribution in [0.5, 0.6) is 0 Å². The van der Waals surface area contributed by atoms with Crippen LogP contribution in [0.3, 0.4) is 0 Å². The number of hydrogen-bond acceptors (Lipinski definition) is 9. The predicted octanol–water partition coefficient (Wildman–Crippen LogP) is 4.63. The van der Waals surface area contributed by atoms with Gasteiger partial charge in [0.05, 0.1) is 22.6 Å². The summed E-state index contributed by atoms with van der Waals surface area (Å²) in [6.45, 7) is 6.68. The summed E-state index contributed by atoms with van der Waals surface area (Å²) < 4.78 is 19.6. The minimum absolute atomic E-state index is 0.324. The van der Waals surface area contributed by atoms with Gasteiger partial charge in [0.1, 0.15) is 11.5 Å². The fourth-order valence-electron chi connectivity index (χ4n) is 4.05. The Bertz CT molecular complexity index is 1260. The van der Waals surface area contributed by atoms with E-state index in [1.165, 1.54) is 6.07 Å². The normalized spacial score (nSPS) is 17.1. The minimum Gasteiger partial charge on any atom is -0.463 e. The Morgan fingerprint density at radius 1 is 1.19 bits per heavy atom. The molecule has 3 aromatic rings. The Morgan fingerprint density at radius 2 is 2.00 bits per heavy atom. The van der Waals surface area contributed by atoms with Crippen molar-refractivity contribution in [1.29, 1.82) is 0 Å². The maximum absolute atomic E-state index is 14.2. The number of rotatable bonds is 7. The van der Waals surface area contributed by atoms with E-state index in [1.54, 1.807) is 42.8 Å². The fraction of sp³-hybridized carbons (Fsp3) is 0.346. The van der Waals surface area contributed by atoms with Gasteiger partial charge in [0.15, 0.2) is 5.76 Å². The molecule has 0 spiro atoms. The van der Waals surface area contributed by atoms with Gasteiger partial charge in [-0.3, -0.25) is 14.9 Å². The van der Waals surface area contributed by atoms with E-state index >= 15 is 0 Å². The van der Waals surface area contributed by atoms with Crippen LogP contribution in [0.15, 0.2) is 52.1 Å². The van der Waals surface area contributed by atoms with E-state index in [0.29, 0.717) is 46.2 Å². The summed E-state index contributed by atoms with van der Waals surface area (Å²) in [6.07, 6.45) is 6.70. The first kappa shape index (κ1) is 26.5. The molecule has 5 heterocycles. The summed E-state index contributed by atoms with van der Waals surface area (Å²) in [4.78, 5) is 38.9.